The van der Waals surface area contributed by atoms with E-state index in [1.165, 1.54) is 0 Å². The van der Waals surface area contributed by atoms with Crippen molar-refractivity contribution in [1.29, 1.82) is 0 Å². The van der Waals surface area contributed by atoms with Gasteiger partial charge in [0.05, 0.1) is 6.61 Å². The molecular formula is C13H24N2O2. The first kappa shape index (κ1) is 14.2. The van der Waals surface area contributed by atoms with Crippen LogP contribution in [-0.2, 0) is 9.53 Å². The van der Waals surface area contributed by atoms with Gasteiger partial charge in [0, 0.05) is 32.2 Å². The molecular weight excluding hydrogens is 216 g/mol. The second kappa shape index (κ2) is 7.45. The van der Waals surface area contributed by atoms with Crippen molar-refractivity contribution in [2.24, 2.45) is 11.7 Å². The number of ether oxygens (including phenoxy) is 1. The van der Waals surface area contributed by atoms with Gasteiger partial charge >= 0.3 is 0 Å². The highest BCUT2D eigenvalue weighted by Crippen LogP contribution is 2.24. The van der Waals surface area contributed by atoms with E-state index in [1.54, 1.807) is 13.2 Å². The van der Waals surface area contributed by atoms with Crippen LogP contribution in [0.5, 0.6) is 0 Å². The number of amides is 1. The average molecular weight is 240 g/mol. The third-order valence-corrected chi connectivity index (χ3v) is 3.29. The number of hydrogen-bond donors (Lipinski definition) is 1. The van der Waals surface area contributed by atoms with Crippen LogP contribution in [0.4, 0.5) is 0 Å². The maximum absolute atomic E-state index is 12.3. The summed E-state index contributed by atoms with van der Waals surface area (Å²) in [7, 11) is 1.65. The predicted molar refractivity (Wildman–Crippen MR) is 68.6 cm³/mol. The fourth-order valence-electron chi connectivity index (χ4n) is 2.36. The Morgan fingerprint density at radius 2 is 2.35 bits per heavy atom. The third kappa shape index (κ3) is 4.48. The van der Waals surface area contributed by atoms with Crippen molar-refractivity contribution in [2.75, 3.05) is 26.8 Å². The zero-order chi connectivity index (χ0) is 12.7. The van der Waals surface area contributed by atoms with Crippen LogP contribution in [0.15, 0.2) is 12.7 Å². The van der Waals surface area contributed by atoms with Gasteiger partial charge in [-0.15, -0.1) is 6.58 Å². The second-order valence-electron chi connectivity index (χ2n) is 4.69. The van der Waals surface area contributed by atoms with E-state index in [0.29, 0.717) is 19.7 Å². The molecule has 2 N–H and O–H groups in total. The van der Waals surface area contributed by atoms with Gasteiger partial charge in [0.25, 0.3) is 0 Å². The highest BCUT2D eigenvalue weighted by Gasteiger charge is 2.28. The Bertz CT molecular complexity index is 256. The zero-order valence-corrected chi connectivity index (χ0v) is 10.7. The molecule has 0 heterocycles. The molecule has 17 heavy (non-hydrogen) atoms. The predicted octanol–water partition coefficient (Wildman–Crippen LogP) is 1.16. The Labute approximate surface area is 104 Å². The smallest absolute Gasteiger partial charge is 0.226 e. The first-order valence-electron chi connectivity index (χ1n) is 6.33. The van der Waals surface area contributed by atoms with Crippen LogP contribution in [0, 0.1) is 5.92 Å². The van der Waals surface area contributed by atoms with Gasteiger partial charge in [0.1, 0.15) is 0 Å². The summed E-state index contributed by atoms with van der Waals surface area (Å²) in [5.74, 6) is 0.299. The largest absolute Gasteiger partial charge is 0.383 e. The number of hydrogen-bond acceptors (Lipinski definition) is 3. The first-order chi connectivity index (χ1) is 8.19. The molecule has 2 atom stereocenters. The quantitative estimate of drug-likeness (QED) is 0.709. The van der Waals surface area contributed by atoms with Gasteiger partial charge in [0.15, 0.2) is 0 Å². The lowest BCUT2D eigenvalue weighted by Gasteiger charge is -2.30. The Kier molecular flexibility index (Phi) is 6.22. The summed E-state index contributed by atoms with van der Waals surface area (Å²) < 4.78 is 5.02. The van der Waals surface area contributed by atoms with E-state index in [4.69, 9.17) is 10.5 Å². The highest BCUT2D eigenvalue weighted by molar-refractivity contribution is 5.79. The van der Waals surface area contributed by atoms with Gasteiger partial charge in [-0.25, -0.2) is 0 Å². The van der Waals surface area contributed by atoms with Crippen molar-refractivity contribution in [3.05, 3.63) is 12.7 Å². The van der Waals surface area contributed by atoms with Crippen molar-refractivity contribution in [3.8, 4) is 0 Å². The van der Waals surface area contributed by atoms with Crippen molar-refractivity contribution in [2.45, 2.75) is 31.7 Å². The van der Waals surface area contributed by atoms with Crippen molar-refractivity contribution in [1.82, 2.24) is 4.90 Å². The second-order valence-corrected chi connectivity index (χ2v) is 4.69. The van der Waals surface area contributed by atoms with Crippen molar-refractivity contribution >= 4 is 5.91 Å². The van der Waals surface area contributed by atoms with Crippen LogP contribution in [0.1, 0.15) is 25.7 Å². The normalized spacial score (nSPS) is 24.4. The Hall–Kier alpha value is -0.870. The molecule has 0 bridgehead atoms. The van der Waals surface area contributed by atoms with E-state index in [-0.39, 0.29) is 17.9 Å². The molecule has 4 heteroatoms. The van der Waals surface area contributed by atoms with Gasteiger partial charge in [-0.05, 0) is 19.3 Å². The summed E-state index contributed by atoms with van der Waals surface area (Å²) in [6.07, 6.45) is 5.65. The molecule has 1 aliphatic carbocycles. The molecule has 2 unspecified atom stereocenters. The fraction of sp³-hybridized carbons (Fsp3) is 0.769. The van der Waals surface area contributed by atoms with Gasteiger partial charge < -0.3 is 15.4 Å². The number of nitrogens with two attached hydrogens (primary N) is 1. The summed E-state index contributed by atoms with van der Waals surface area (Å²) in [5, 5.41) is 0. The van der Waals surface area contributed by atoms with Gasteiger partial charge in [-0.2, -0.15) is 0 Å². The van der Waals surface area contributed by atoms with Crippen LogP contribution in [0.25, 0.3) is 0 Å². The molecule has 1 rings (SSSR count). The highest BCUT2D eigenvalue weighted by atomic mass is 16.5. The maximum atomic E-state index is 12.3. The first-order valence-corrected chi connectivity index (χ1v) is 6.33. The molecule has 0 aromatic heterocycles. The molecule has 1 fully saturated rings. The van der Waals surface area contributed by atoms with E-state index in [2.05, 4.69) is 6.58 Å². The number of rotatable bonds is 6. The molecule has 0 aliphatic heterocycles. The zero-order valence-electron chi connectivity index (χ0n) is 10.7. The number of carbonyl (C=O) groups excluding carboxylic acids is 1. The van der Waals surface area contributed by atoms with E-state index in [9.17, 15) is 4.79 Å². The lowest BCUT2D eigenvalue weighted by atomic mass is 9.85. The molecule has 4 nitrogen and oxygen atoms in total. The number of carbonyl (C=O) groups is 1. The minimum absolute atomic E-state index is 0.0931. The van der Waals surface area contributed by atoms with E-state index in [0.717, 1.165) is 25.7 Å². The van der Waals surface area contributed by atoms with Crippen LogP contribution in [0.2, 0.25) is 0 Å². The Morgan fingerprint density at radius 3 is 2.94 bits per heavy atom. The van der Waals surface area contributed by atoms with Crippen LogP contribution in [0.3, 0.4) is 0 Å². The minimum Gasteiger partial charge on any atom is -0.383 e. The van der Waals surface area contributed by atoms with E-state index in [1.807, 2.05) is 4.90 Å². The fourth-order valence-corrected chi connectivity index (χ4v) is 2.36. The Balaban J connectivity index is 2.52. The van der Waals surface area contributed by atoms with Gasteiger partial charge in [0.2, 0.25) is 5.91 Å². The van der Waals surface area contributed by atoms with Crippen LogP contribution >= 0.6 is 0 Å². The molecule has 0 saturated heterocycles. The van der Waals surface area contributed by atoms with E-state index >= 15 is 0 Å². The standard InChI is InChI=1S/C13H24N2O2/c1-3-7-15(8-9-17-2)13(16)11-5-4-6-12(14)10-11/h3,11-12H,1,4-10,14H2,2H3. The Morgan fingerprint density at radius 1 is 1.59 bits per heavy atom. The lowest BCUT2D eigenvalue weighted by molar-refractivity contribution is -0.136. The molecule has 0 spiro atoms. The molecule has 0 radical (unpaired) electrons. The lowest BCUT2D eigenvalue weighted by Crippen LogP contribution is -2.42. The molecule has 1 saturated carbocycles. The summed E-state index contributed by atoms with van der Waals surface area (Å²) in [6, 6.07) is 0.186. The van der Waals surface area contributed by atoms with E-state index < -0.39 is 0 Å². The summed E-state index contributed by atoms with van der Waals surface area (Å²) >= 11 is 0. The molecule has 98 valence electrons. The molecule has 0 aromatic carbocycles. The SMILES string of the molecule is C=CCN(CCOC)C(=O)C1CCCC(N)C1. The van der Waals surface area contributed by atoms with Gasteiger partial charge in [-0.1, -0.05) is 12.5 Å². The summed E-state index contributed by atoms with van der Waals surface area (Å²) in [6.45, 7) is 5.48. The van der Waals surface area contributed by atoms with Crippen LogP contribution < -0.4 is 5.73 Å². The van der Waals surface area contributed by atoms with Crippen molar-refractivity contribution < 1.29 is 9.53 Å². The average Bonchev–Trinajstić information content (AvgIpc) is 2.33. The number of nitrogens with zero attached hydrogens (tertiary/aromatic N) is 1. The van der Waals surface area contributed by atoms with Gasteiger partial charge in [-0.3, -0.25) is 4.79 Å². The summed E-state index contributed by atoms with van der Waals surface area (Å²) in [4.78, 5) is 14.1. The molecule has 0 aromatic rings. The number of methoxy groups -OCH3 is 1. The van der Waals surface area contributed by atoms with Crippen LogP contribution in [-0.4, -0.2) is 43.7 Å². The monoisotopic (exact) mass is 240 g/mol. The molecule has 1 amide bonds. The molecule has 1 aliphatic rings. The topological polar surface area (TPSA) is 55.6 Å². The van der Waals surface area contributed by atoms with Crippen molar-refractivity contribution in [3.63, 3.8) is 0 Å². The maximum Gasteiger partial charge on any atom is 0.226 e. The minimum atomic E-state index is 0.0931. The third-order valence-electron chi connectivity index (χ3n) is 3.29. The summed E-state index contributed by atoms with van der Waals surface area (Å²) in [5.41, 5.74) is 5.92.